The van der Waals surface area contributed by atoms with Crippen molar-refractivity contribution in [3.63, 3.8) is 0 Å². The summed E-state index contributed by atoms with van der Waals surface area (Å²) in [5.41, 5.74) is 5.47. The van der Waals surface area contributed by atoms with E-state index in [1.807, 2.05) is 0 Å². The Kier molecular flexibility index (Phi) is 6.05. The molecule has 0 unspecified atom stereocenters. The number of alkyl halides is 3. The number of fused-ring (bicyclic) bond motifs is 1. The molecule has 0 radical (unpaired) electrons. The summed E-state index contributed by atoms with van der Waals surface area (Å²) in [5, 5.41) is 0.249. The molecule has 4 rings (SSSR count). The van der Waals surface area contributed by atoms with Gasteiger partial charge < -0.3 is 15.4 Å². The number of aromatic nitrogens is 2. The van der Waals surface area contributed by atoms with Crippen LogP contribution in [0, 0.1) is 0 Å². The monoisotopic (exact) mass is 504 g/mol. The molecule has 1 aliphatic heterocycles. The first-order chi connectivity index (χ1) is 15.1. The van der Waals surface area contributed by atoms with Gasteiger partial charge in [-0.2, -0.15) is 17.5 Å². The molecule has 2 heterocycles. The van der Waals surface area contributed by atoms with Gasteiger partial charge in [-0.1, -0.05) is 11.6 Å². The lowest BCUT2D eigenvalue weighted by Crippen LogP contribution is -2.29. The summed E-state index contributed by atoms with van der Waals surface area (Å²) in [5.74, 6) is 0.323. The van der Waals surface area contributed by atoms with Crippen molar-refractivity contribution in [2.75, 3.05) is 18.1 Å². The normalized spacial score (nSPS) is 14.2. The fourth-order valence-corrected chi connectivity index (χ4v) is 5.77. The van der Waals surface area contributed by atoms with Gasteiger partial charge in [0.1, 0.15) is 23.1 Å². The average molecular weight is 505 g/mol. The minimum atomic E-state index is -4.51. The molecule has 7 nitrogen and oxygen atoms in total. The van der Waals surface area contributed by atoms with Crippen LogP contribution in [0.1, 0.15) is 16.4 Å². The second-order valence-electron chi connectivity index (χ2n) is 6.86. The minimum absolute atomic E-state index is 0.0288. The van der Waals surface area contributed by atoms with Gasteiger partial charge in [-0.15, -0.1) is 0 Å². The maximum Gasteiger partial charge on any atom is 0.416 e. The number of halogens is 4. The molecule has 0 aliphatic carbocycles. The Balaban J connectivity index is 1.64. The number of nitrogens with two attached hydrogens (primary N) is 1. The van der Waals surface area contributed by atoms with Crippen LogP contribution in [0.2, 0.25) is 5.02 Å². The first-order valence-electron chi connectivity index (χ1n) is 9.24. The van der Waals surface area contributed by atoms with Crippen molar-refractivity contribution in [1.82, 2.24) is 9.36 Å². The minimum Gasteiger partial charge on any atom is -0.489 e. The zero-order valence-electron chi connectivity index (χ0n) is 16.3. The van der Waals surface area contributed by atoms with Crippen LogP contribution in [0.3, 0.4) is 0 Å². The highest BCUT2D eigenvalue weighted by molar-refractivity contribution is 7.90. The van der Waals surface area contributed by atoms with E-state index in [9.17, 15) is 21.6 Å². The molecule has 32 heavy (non-hydrogen) atoms. The van der Waals surface area contributed by atoms with Gasteiger partial charge in [0, 0.05) is 6.07 Å². The zero-order chi connectivity index (χ0) is 23.1. The van der Waals surface area contributed by atoms with E-state index in [0.717, 1.165) is 23.7 Å². The SMILES string of the molecule is NCc1nsc(CS(=O)(=O)c2ccc3c(c2)OCCN3c2ccc(C(F)(F)F)cc2Cl)n1. The topological polar surface area (TPSA) is 98.4 Å². The molecular formula is C19H16ClF3N4O3S2. The highest BCUT2D eigenvalue weighted by atomic mass is 35.5. The molecule has 0 amide bonds. The van der Waals surface area contributed by atoms with Gasteiger partial charge in [-0.25, -0.2) is 13.4 Å². The number of hydrogen-bond donors (Lipinski definition) is 1. The van der Waals surface area contributed by atoms with Crippen molar-refractivity contribution in [2.45, 2.75) is 23.4 Å². The lowest BCUT2D eigenvalue weighted by molar-refractivity contribution is -0.137. The molecule has 2 aromatic carbocycles. The van der Waals surface area contributed by atoms with Crippen molar-refractivity contribution in [3.8, 4) is 5.75 Å². The Hall–Kier alpha value is -2.41. The Labute approximate surface area is 190 Å². The van der Waals surface area contributed by atoms with Crippen LogP contribution in [-0.4, -0.2) is 30.9 Å². The van der Waals surface area contributed by atoms with E-state index in [1.54, 1.807) is 11.0 Å². The first-order valence-corrected chi connectivity index (χ1v) is 12.0. The van der Waals surface area contributed by atoms with Crippen LogP contribution < -0.4 is 15.4 Å². The van der Waals surface area contributed by atoms with E-state index in [1.165, 1.54) is 18.2 Å². The van der Waals surface area contributed by atoms with Crippen LogP contribution in [0.5, 0.6) is 5.75 Å². The fraction of sp³-hybridized carbons (Fsp3) is 0.263. The molecule has 0 saturated heterocycles. The third kappa shape index (κ3) is 4.53. The lowest BCUT2D eigenvalue weighted by atomic mass is 10.1. The summed E-state index contributed by atoms with van der Waals surface area (Å²) in [6.45, 7) is 0.645. The number of nitrogens with zero attached hydrogens (tertiary/aromatic N) is 3. The summed E-state index contributed by atoms with van der Waals surface area (Å²) in [6, 6.07) is 7.45. The molecule has 0 spiro atoms. The van der Waals surface area contributed by atoms with E-state index >= 15 is 0 Å². The molecule has 0 bridgehead atoms. The fourth-order valence-electron chi connectivity index (χ4n) is 3.22. The number of hydrogen-bond acceptors (Lipinski definition) is 8. The van der Waals surface area contributed by atoms with Gasteiger partial charge in [0.2, 0.25) is 0 Å². The number of ether oxygens (including phenoxy) is 1. The predicted octanol–water partition coefficient (Wildman–Crippen LogP) is 4.17. The van der Waals surface area contributed by atoms with Gasteiger partial charge in [-0.3, -0.25) is 0 Å². The maximum absolute atomic E-state index is 13.0. The van der Waals surface area contributed by atoms with Gasteiger partial charge in [0.25, 0.3) is 0 Å². The molecule has 13 heteroatoms. The van der Waals surface area contributed by atoms with E-state index in [2.05, 4.69) is 9.36 Å². The van der Waals surface area contributed by atoms with Gasteiger partial charge in [-0.05, 0) is 41.9 Å². The molecule has 2 N–H and O–H groups in total. The standard InChI is InChI=1S/C19H16ClF3N4O3S2/c20-13-7-11(19(21,22)23)1-3-14(13)27-5-6-30-16-8-12(2-4-15(16)27)32(28,29)10-18-25-17(9-24)26-31-18/h1-4,7-8H,5-6,9-10,24H2. The predicted molar refractivity (Wildman–Crippen MR) is 114 cm³/mol. The van der Waals surface area contributed by atoms with Crippen molar-refractivity contribution >= 4 is 44.3 Å². The quantitative estimate of drug-likeness (QED) is 0.556. The number of anilines is 2. The molecule has 0 atom stereocenters. The molecule has 170 valence electrons. The third-order valence-corrected chi connectivity index (χ3v) is 7.59. The van der Waals surface area contributed by atoms with Crippen molar-refractivity contribution in [2.24, 2.45) is 5.73 Å². The first kappa shape index (κ1) is 22.8. The van der Waals surface area contributed by atoms with E-state index in [4.69, 9.17) is 22.1 Å². The van der Waals surface area contributed by atoms with Crippen LogP contribution in [0.25, 0.3) is 0 Å². The molecular weight excluding hydrogens is 489 g/mol. The second kappa shape index (κ2) is 8.50. The average Bonchev–Trinajstić information content (AvgIpc) is 3.19. The van der Waals surface area contributed by atoms with E-state index in [0.29, 0.717) is 28.8 Å². The number of benzene rings is 2. The summed E-state index contributed by atoms with van der Waals surface area (Å²) >= 11 is 7.12. The Morgan fingerprint density at radius 1 is 1.19 bits per heavy atom. The van der Waals surface area contributed by atoms with Gasteiger partial charge in [0.05, 0.1) is 39.9 Å². The summed E-state index contributed by atoms with van der Waals surface area (Å²) in [6.07, 6.45) is -4.51. The lowest BCUT2D eigenvalue weighted by Gasteiger charge is -2.32. The Bertz CT molecular complexity index is 1260. The number of sulfone groups is 1. The van der Waals surface area contributed by atoms with Gasteiger partial charge in [0.15, 0.2) is 15.7 Å². The van der Waals surface area contributed by atoms with E-state index < -0.39 is 21.6 Å². The molecule has 3 aromatic rings. The second-order valence-corrected chi connectivity index (χ2v) is 10.1. The molecule has 0 saturated carbocycles. The van der Waals surface area contributed by atoms with Crippen LogP contribution in [0.15, 0.2) is 41.3 Å². The highest BCUT2D eigenvalue weighted by Gasteiger charge is 2.32. The maximum atomic E-state index is 13.0. The largest absolute Gasteiger partial charge is 0.489 e. The van der Waals surface area contributed by atoms with Crippen molar-refractivity contribution in [3.05, 3.63) is 57.8 Å². The van der Waals surface area contributed by atoms with Crippen LogP contribution >= 0.6 is 23.1 Å². The zero-order valence-corrected chi connectivity index (χ0v) is 18.7. The highest BCUT2D eigenvalue weighted by Crippen LogP contribution is 2.42. The van der Waals surface area contributed by atoms with Crippen LogP contribution in [0.4, 0.5) is 24.5 Å². The van der Waals surface area contributed by atoms with Crippen molar-refractivity contribution < 1.29 is 26.3 Å². The Morgan fingerprint density at radius 2 is 1.94 bits per heavy atom. The molecule has 1 aromatic heterocycles. The molecule has 0 fully saturated rings. The number of rotatable bonds is 5. The summed E-state index contributed by atoms with van der Waals surface area (Å²) in [7, 11) is -3.74. The van der Waals surface area contributed by atoms with Crippen molar-refractivity contribution in [1.29, 1.82) is 0 Å². The third-order valence-electron chi connectivity index (χ3n) is 4.73. The van der Waals surface area contributed by atoms with Gasteiger partial charge >= 0.3 is 6.18 Å². The smallest absolute Gasteiger partial charge is 0.416 e. The molecule has 1 aliphatic rings. The van der Waals surface area contributed by atoms with E-state index in [-0.39, 0.29) is 34.6 Å². The summed E-state index contributed by atoms with van der Waals surface area (Å²) in [4.78, 5) is 5.80. The van der Waals surface area contributed by atoms with Crippen LogP contribution in [-0.2, 0) is 28.3 Å². The Morgan fingerprint density at radius 3 is 2.59 bits per heavy atom. The summed E-state index contributed by atoms with van der Waals surface area (Å²) < 4.78 is 74.1.